The van der Waals surface area contributed by atoms with E-state index >= 15 is 0 Å². The zero-order valence-corrected chi connectivity index (χ0v) is 12.4. The summed E-state index contributed by atoms with van der Waals surface area (Å²) < 4.78 is 14.3. The van der Waals surface area contributed by atoms with Crippen molar-refractivity contribution in [3.8, 4) is 0 Å². The molecule has 0 bridgehead atoms. The molecule has 0 aliphatic carbocycles. The molecule has 0 rings (SSSR count). The van der Waals surface area contributed by atoms with Gasteiger partial charge in [-0.2, -0.15) is 0 Å². The summed E-state index contributed by atoms with van der Waals surface area (Å²) in [5, 5.41) is 0.986. The molecule has 9 heteroatoms. The third kappa shape index (κ3) is 8.47. The molecule has 0 saturated heterocycles. The predicted octanol–water partition coefficient (Wildman–Crippen LogP) is -0.978. The molecular formula is C12H21N3O6. The van der Waals surface area contributed by atoms with Gasteiger partial charge in [-0.15, -0.1) is 0 Å². The molecule has 0 aliphatic heterocycles. The lowest BCUT2D eigenvalue weighted by molar-refractivity contribution is -0.144. The third-order valence-electron chi connectivity index (χ3n) is 2.17. The van der Waals surface area contributed by atoms with Crippen LogP contribution in [0.5, 0.6) is 0 Å². The molecule has 0 amide bonds. The fourth-order valence-corrected chi connectivity index (χ4v) is 1.23. The molecule has 0 radical (unpaired) electrons. The maximum atomic E-state index is 11.4. The Kier molecular flexibility index (Phi) is 8.54. The fraction of sp³-hybridized carbons (Fsp3) is 0.583. The highest BCUT2D eigenvalue weighted by molar-refractivity contribution is 5.72. The second-order valence-electron chi connectivity index (χ2n) is 3.97. The lowest BCUT2D eigenvalue weighted by atomic mass is 10.3. The highest BCUT2D eigenvalue weighted by Gasteiger charge is 2.16. The average Bonchev–Trinajstić information content (AvgIpc) is 2.36. The van der Waals surface area contributed by atoms with Crippen molar-refractivity contribution in [2.75, 3.05) is 26.4 Å². The first-order chi connectivity index (χ1) is 9.77. The molecular weight excluding hydrogens is 282 g/mol. The van der Waals surface area contributed by atoms with Crippen LogP contribution < -0.4 is 11.6 Å². The van der Waals surface area contributed by atoms with Crippen LogP contribution in [0.25, 0.3) is 0 Å². The number of hydrogen-bond donors (Lipinski definition) is 2. The van der Waals surface area contributed by atoms with E-state index < -0.39 is 17.9 Å². The zero-order chi connectivity index (χ0) is 16.4. The van der Waals surface area contributed by atoms with Gasteiger partial charge in [0, 0.05) is 13.8 Å². The van der Waals surface area contributed by atoms with Crippen LogP contribution in [0.1, 0.15) is 20.8 Å². The van der Waals surface area contributed by atoms with Gasteiger partial charge in [-0.3, -0.25) is 19.4 Å². The number of nitrogens with zero attached hydrogens (tertiary/aromatic N) is 1. The summed E-state index contributed by atoms with van der Waals surface area (Å²) in [4.78, 5) is 33.0. The van der Waals surface area contributed by atoms with Gasteiger partial charge in [-0.1, -0.05) is 0 Å². The van der Waals surface area contributed by atoms with Crippen LogP contribution in [-0.2, 0) is 28.6 Å². The average molecular weight is 303 g/mol. The van der Waals surface area contributed by atoms with Crippen molar-refractivity contribution < 1.29 is 28.6 Å². The first-order valence-electron chi connectivity index (χ1n) is 6.20. The Morgan fingerprint density at radius 1 is 1.00 bits per heavy atom. The minimum atomic E-state index is -0.569. The number of ether oxygens (including phenoxy) is 3. The third-order valence-corrected chi connectivity index (χ3v) is 2.17. The second kappa shape index (κ2) is 9.59. The van der Waals surface area contributed by atoms with E-state index in [1.54, 1.807) is 6.92 Å². The van der Waals surface area contributed by atoms with Crippen LogP contribution in [0, 0.1) is 0 Å². The molecule has 0 aliphatic rings. The summed E-state index contributed by atoms with van der Waals surface area (Å²) in [5.74, 6) is 4.06. The maximum Gasteiger partial charge on any atom is 0.327 e. The molecule has 0 atom stereocenters. The molecule has 0 aromatic rings. The molecule has 0 fully saturated rings. The second-order valence-corrected chi connectivity index (χ2v) is 3.97. The Hall–Kier alpha value is -2.29. The maximum absolute atomic E-state index is 11.4. The number of carbonyl (C=O) groups excluding carboxylic acids is 3. The van der Waals surface area contributed by atoms with E-state index in [0.717, 1.165) is 5.01 Å². The van der Waals surface area contributed by atoms with Crippen LogP contribution in [0.3, 0.4) is 0 Å². The Bertz CT molecular complexity index is 421. The van der Waals surface area contributed by atoms with Crippen LogP contribution in [-0.4, -0.2) is 49.3 Å². The molecule has 0 unspecified atom stereocenters. The van der Waals surface area contributed by atoms with Crippen LogP contribution in [0.2, 0.25) is 0 Å². The van der Waals surface area contributed by atoms with Crippen molar-refractivity contribution in [1.82, 2.24) is 5.01 Å². The van der Waals surface area contributed by atoms with Crippen molar-refractivity contribution in [3.63, 3.8) is 0 Å². The SMILES string of the molecule is CCOC(=O)CN(N)/C(COC(C)=O)=C(\N)COC(C)=O. The monoisotopic (exact) mass is 303 g/mol. The van der Waals surface area contributed by atoms with Gasteiger partial charge in [0.2, 0.25) is 0 Å². The summed E-state index contributed by atoms with van der Waals surface area (Å²) in [5.41, 5.74) is 5.96. The number of hydrogen-bond acceptors (Lipinski definition) is 9. The van der Waals surface area contributed by atoms with Gasteiger partial charge in [0.15, 0.2) is 0 Å². The molecule has 4 N–H and O–H groups in total. The Balaban J connectivity index is 4.92. The summed E-state index contributed by atoms with van der Waals surface area (Å²) in [6.07, 6.45) is 0. The van der Waals surface area contributed by atoms with Gasteiger partial charge in [0.1, 0.15) is 19.8 Å². The van der Waals surface area contributed by atoms with Crippen molar-refractivity contribution >= 4 is 17.9 Å². The molecule has 21 heavy (non-hydrogen) atoms. The van der Waals surface area contributed by atoms with Crippen LogP contribution in [0.4, 0.5) is 0 Å². The number of carbonyl (C=O) groups is 3. The van der Waals surface area contributed by atoms with Crippen molar-refractivity contribution in [2.24, 2.45) is 11.6 Å². The van der Waals surface area contributed by atoms with Gasteiger partial charge >= 0.3 is 17.9 Å². The molecule has 0 saturated carbocycles. The van der Waals surface area contributed by atoms with Gasteiger partial charge < -0.3 is 19.9 Å². The van der Waals surface area contributed by atoms with Crippen LogP contribution in [0.15, 0.2) is 11.4 Å². The molecule has 0 heterocycles. The molecule has 120 valence electrons. The number of esters is 3. The summed E-state index contributed by atoms with van der Waals surface area (Å²) in [6.45, 7) is 3.53. The Morgan fingerprint density at radius 3 is 2.00 bits per heavy atom. The van der Waals surface area contributed by atoms with Crippen molar-refractivity contribution in [3.05, 3.63) is 11.4 Å². The molecule has 0 spiro atoms. The number of rotatable bonds is 8. The van der Waals surface area contributed by atoms with Gasteiger partial charge in [0.05, 0.1) is 18.0 Å². The number of nitrogens with two attached hydrogens (primary N) is 2. The normalized spacial score (nSPS) is 11.2. The van der Waals surface area contributed by atoms with Crippen molar-refractivity contribution in [1.29, 1.82) is 0 Å². The topological polar surface area (TPSA) is 134 Å². The number of hydrazine groups is 1. The minimum Gasteiger partial charge on any atom is -0.465 e. The van der Waals surface area contributed by atoms with Crippen LogP contribution >= 0.6 is 0 Å². The Morgan fingerprint density at radius 2 is 1.52 bits per heavy atom. The fourth-order valence-electron chi connectivity index (χ4n) is 1.23. The highest BCUT2D eigenvalue weighted by Crippen LogP contribution is 2.06. The van der Waals surface area contributed by atoms with E-state index in [-0.39, 0.29) is 37.8 Å². The molecule has 0 aromatic carbocycles. The summed E-state index contributed by atoms with van der Waals surface area (Å²) in [7, 11) is 0. The molecule has 0 aromatic heterocycles. The zero-order valence-electron chi connectivity index (χ0n) is 12.4. The quantitative estimate of drug-likeness (QED) is 0.251. The van der Waals surface area contributed by atoms with E-state index in [1.165, 1.54) is 13.8 Å². The van der Waals surface area contributed by atoms with E-state index in [0.29, 0.717) is 0 Å². The van der Waals surface area contributed by atoms with Gasteiger partial charge in [0.25, 0.3) is 0 Å². The highest BCUT2D eigenvalue weighted by atomic mass is 16.5. The van der Waals surface area contributed by atoms with E-state index in [2.05, 4.69) is 0 Å². The summed E-state index contributed by atoms with van der Waals surface area (Å²) in [6, 6.07) is 0. The van der Waals surface area contributed by atoms with Crippen molar-refractivity contribution in [2.45, 2.75) is 20.8 Å². The largest absolute Gasteiger partial charge is 0.465 e. The van der Waals surface area contributed by atoms with E-state index in [4.69, 9.17) is 25.8 Å². The first kappa shape index (κ1) is 18.7. The molecule has 9 nitrogen and oxygen atoms in total. The lowest BCUT2D eigenvalue weighted by Gasteiger charge is -2.22. The smallest absolute Gasteiger partial charge is 0.327 e. The minimum absolute atomic E-state index is 0.0678. The summed E-state index contributed by atoms with van der Waals surface area (Å²) >= 11 is 0. The predicted molar refractivity (Wildman–Crippen MR) is 72.0 cm³/mol. The van der Waals surface area contributed by atoms with E-state index in [1.807, 2.05) is 0 Å². The van der Waals surface area contributed by atoms with Gasteiger partial charge in [-0.05, 0) is 6.92 Å². The van der Waals surface area contributed by atoms with E-state index in [9.17, 15) is 14.4 Å². The lowest BCUT2D eigenvalue weighted by Crippen LogP contribution is -2.40. The first-order valence-corrected chi connectivity index (χ1v) is 6.20. The standard InChI is InChI=1S/C12H21N3O6/c1-4-19-12(18)5-15(14)11(7-21-9(3)17)10(13)6-20-8(2)16/h4-7,13-14H2,1-3H3/b11-10-. The van der Waals surface area contributed by atoms with Gasteiger partial charge in [-0.25, -0.2) is 5.84 Å². The Labute approximate surface area is 122 Å².